The molecule has 0 spiro atoms. The standard InChI is InChI=1S/C26H23F3N4O7/c27-26(28,29)20-11-33(24(38)31-23(20)37)12-21(34)32(13-22(35)36)10-9-30-25(39)40-14-19-17-7-3-1-5-15(17)16-6-2-4-8-18(16)19/h1-8,11,19H,9-10,12-14H2,(H,30,39)(H,35,36)(H,31,37,38). The number of hydrogen-bond donors (Lipinski definition) is 3. The fraction of sp³-hybridized carbons (Fsp3) is 0.269. The molecule has 3 aromatic rings. The Morgan fingerprint density at radius 3 is 2.20 bits per heavy atom. The van der Waals surface area contributed by atoms with Crippen LogP contribution in [0.1, 0.15) is 22.6 Å². The first-order valence-electron chi connectivity index (χ1n) is 11.9. The average molecular weight is 560 g/mol. The van der Waals surface area contributed by atoms with Gasteiger partial charge in [-0.1, -0.05) is 48.5 Å². The number of fused-ring (bicyclic) bond motifs is 3. The molecule has 1 aromatic heterocycles. The fourth-order valence-corrected chi connectivity index (χ4v) is 4.47. The van der Waals surface area contributed by atoms with Crippen molar-refractivity contribution in [3.8, 4) is 11.1 Å². The van der Waals surface area contributed by atoms with Gasteiger partial charge in [-0.2, -0.15) is 13.2 Å². The summed E-state index contributed by atoms with van der Waals surface area (Å²) in [6, 6.07) is 15.5. The van der Waals surface area contributed by atoms with Crippen LogP contribution in [0.3, 0.4) is 0 Å². The predicted octanol–water partition coefficient (Wildman–Crippen LogP) is 2.01. The summed E-state index contributed by atoms with van der Waals surface area (Å²) in [4.78, 5) is 61.8. The van der Waals surface area contributed by atoms with E-state index in [-0.39, 0.29) is 31.8 Å². The largest absolute Gasteiger partial charge is 0.480 e. The number of carboxylic acid groups (broad SMARTS) is 1. The number of nitrogens with one attached hydrogen (secondary N) is 2. The molecule has 0 aliphatic heterocycles. The van der Waals surface area contributed by atoms with E-state index in [1.54, 1.807) is 0 Å². The van der Waals surface area contributed by atoms with Gasteiger partial charge in [0.2, 0.25) is 5.91 Å². The van der Waals surface area contributed by atoms with Gasteiger partial charge >= 0.3 is 23.9 Å². The fourth-order valence-electron chi connectivity index (χ4n) is 4.47. The van der Waals surface area contributed by atoms with Crippen LogP contribution in [0, 0.1) is 0 Å². The molecule has 14 heteroatoms. The van der Waals surface area contributed by atoms with Crippen LogP contribution in [-0.4, -0.2) is 63.8 Å². The number of carboxylic acids is 1. The minimum absolute atomic E-state index is 0.0221. The van der Waals surface area contributed by atoms with Crippen molar-refractivity contribution in [3.05, 3.63) is 92.3 Å². The third-order valence-electron chi connectivity index (χ3n) is 6.30. The normalized spacial score (nSPS) is 12.4. The zero-order valence-corrected chi connectivity index (χ0v) is 20.7. The summed E-state index contributed by atoms with van der Waals surface area (Å²) < 4.78 is 44.7. The number of alkyl halides is 3. The van der Waals surface area contributed by atoms with E-state index >= 15 is 0 Å². The molecule has 1 aliphatic rings. The summed E-state index contributed by atoms with van der Waals surface area (Å²) in [5, 5.41) is 11.6. The van der Waals surface area contributed by atoms with Crippen molar-refractivity contribution >= 4 is 18.0 Å². The van der Waals surface area contributed by atoms with Crippen LogP contribution in [0.15, 0.2) is 64.3 Å². The minimum Gasteiger partial charge on any atom is -0.480 e. The van der Waals surface area contributed by atoms with Crippen LogP contribution in [0.5, 0.6) is 0 Å². The number of H-pyrrole nitrogens is 1. The van der Waals surface area contributed by atoms with Crippen LogP contribution in [0.25, 0.3) is 11.1 Å². The van der Waals surface area contributed by atoms with E-state index in [1.165, 1.54) is 4.98 Å². The number of rotatable bonds is 9. The lowest BCUT2D eigenvalue weighted by molar-refractivity contribution is -0.144. The van der Waals surface area contributed by atoms with Crippen LogP contribution in [0.2, 0.25) is 0 Å². The van der Waals surface area contributed by atoms with Crippen molar-refractivity contribution in [2.45, 2.75) is 18.6 Å². The molecule has 0 radical (unpaired) electrons. The Morgan fingerprint density at radius 2 is 1.62 bits per heavy atom. The van der Waals surface area contributed by atoms with E-state index in [9.17, 15) is 37.1 Å². The van der Waals surface area contributed by atoms with Gasteiger partial charge in [0.15, 0.2) is 0 Å². The van der Waals surface area contributed by atoms with Crippen molar-refractivity contribution in [2.75, 3.05) is 26.2 Å². The molecule has 40 heavy (non-hydrogen) atoms. The number of carbonyl (C=O) groups excluding carboxylic acids is 2. The zero-order valence-electron chi connectivity index (χ0n) is 20.7. The number of aromatic amines is 1. The van der Waals surface area contributed by atoms with Crippen LogP contribution >= 0.6 is 0 Å². The van der Waals surface area contributed by atoms with E-state index in [1.807, 2.05) is 48.5 Å². The maximum absolute atomic E-state index is 13.0. The molecule has 0 atom stereocenters. The number of benzene rings is 2. The summed E-state index contributed by atoms with van der Waals surface area (Å²) in [6.07, 6.45) is -5.72. The van der Waals surface area contributed by atoms with E-state index in [2.05, 4.69) is 5.32 Å². The number of ether oxygens (including phenoxy) is 1. The molecule has 2 aromatic carbocycles. The van der Waals surface area contributed by atoms with Gasteiger partial charge in [0.1, 0.15) is 25.3 Å². The molecular formula is C26H23F3N4O7. The van der Waals surface area contributed by atoms with E-state index in [4.69, 9.17) is 9.84 Å². The molecule has 1 aliphatic carbocycles. The monoisotopic (exact) mass is 560 g/mol. The molecule has 1 heterocycles. The Hall–Kier alpha value is -4.88. The number of aliphatic carboxylic acids is 1. The SMILES string of the molecule is O=C(O)CN(CCNC(=O)OCC1c2ccccc2-c2ccccc21)C(=O)Cn1cc(C(F)(F)F)c(=O)[nH]c1=O. The molecular weight excluding hydrogens is 537 g/mol. The lowest BCUT2D eigenvalue weighted by atomic mass is 9.98. The van der Waals surface area contributed by atoms with Crippen molar-refractivity contribution in [2.24, 2.45) is 0 Å². The van der Waals surface area contributed by atoms with Gasteiger partial charge in [-0.15, -0.1) is 0 Å². The highest BCUT2D eigenvalue weighted by Gasteiger charge is 2.35. The number of nitrogens with zero attached hydrogens (tertiary/aromatic N) is 2. The Labute approximate surface area is 223 Å². The molecule has 210 valence electrons. The topological polar surface area (TPSA) is 151 Å². The zero-order chi connectivity index (χ0) is 29.0. The molecule has 0 bridgehead atoms. The summed E-state index contributed by atoms with van der Waals surface area (Å²) in [7, 11) is 0. The third-order valence-corrected chi connectivity index (χ3v) is 6.30. The summed E-state index contributed by atoms with van der Waals surface area (Å²) in [6.45, 7) is -2.40. The Balaban J connectivity index is 1.36. The van der Waals surface area contributed by atoms with Gasteiger partial charge in [-0.25, -0.2) is 9.59 Å². The lowest BCUT2D eigenvalue weighted by Gasteiger charge is -2.21. The average Bonchev–Trinajstić information content (AvgIpc) is 3.21. The van der Waals surface area contributed by atoms with Gasteiger partial charge in [0.05, 0.1) is 0 Å². The third kappa shape index (κ3) is 6.22. The van der Waals surface area contributed by atoms with Crippen LogP contribution in [-0.2, 0) is 27.0 Å². The van der Waals surface area contributed by atoms with Crippen molar-refractivity contribution in [1.82, 2.24) is 19.8 Å². The van der Waals surface area contributed by atoms with Crippen molar-refractivity contribution < 1.29 is 37.4 Å². The predicted molar refractivity (Wildman–Crippen MR) is 134 cm³/mol. The summed E-state index contributed by atoms with van der Waals surface area (Å²) in [5.74, 6) is -2.65. The molecule has 0 saturated heterocycles. The van der Waals surface area contributed by atoms with Crippen LogP contribution < -0.4 is 16.6 Å². The highest BCUT2D eigenvalue weighted by Crippen LogP contribution is 2.44. The Morgan fingerprint density at radius 1 is 1.02 bits per heavy atom. The molecule has 0 fully saturated rings. The number of amides is 2. The van der Waals surface area contributed by atoms with Gasteiger partial charge in [0, 0.05) is 25.2 Å². The van der Waals surface area contributed by atoms with Gasteiger partial charge in [-0.05, 0) is 22.3 Å². The van der Waals surface area contributed by atoms with E-state index in [0.29, 0.717) is 4.57 Å². The maximum Gasteiger partial charge on any atom is 0.423 e. The first-order valence-corrected chi connectivity index (χ1v) is 11.9. The maximum atomic E-state index is 13.0. The highest BCUT2D eigenvalue weighted by molar-refractivity contribution is 5.81. The van der Waals surface area contributed by atoms with Crippen molar-refractivity contribution in [1.29, 1.82) is 0 Å². The number of halogens is 3. The smallest absolute Gasteiger partial charge is 0.423 e. The Kier molecular flexibility index (Phi) is 8.07. The lowest BCUT2D eigenvalue weighted by Crippen LogP contribution is -2.45. The quantitative estimate of drug-likeness (QED) is 0.362. The first-order chi connectivity index (χ1) is 19.0. The minimum atomic E-state index is -5.08. The highest BCUT2D eigenvalue weighted by atomic mass is 19.4. The van der Waals surface area contributed by atoms with Crippen LogP contribution in [0.4, 0.5) is 18.0 Å². The van der Waals surface area contributed by atoms with E-state index in [0.717, 1.165) is 27.2 Å². The first kappa shape index (κ1) is 28.1. The van der Waals surface area contributed by atoms with Gasteiger partial charge in [0.25, 0.3) is 5.56 Å². The summed E-state index contributed by atoms with van der Waals surface area (Å²) >= 11 is 0. The molecule has 4 rings (SSSR count). The second kappa shape index (κ2) is 11.5. The second-order valence-corrected chi connectivity index (χ2v) is 8.89. The molecule has 0 saturated carbocycles. The Bertz CT molecular complexity index is 1520. The van der Waals surface area contributed by atoms with E-state index < -0.39 is 54.0 Å². The number of alkyl carbamates (subject to hydrolysis) is 1. The van der Waals surface area contributed by atoms with Gasteiger partial charge < -0.3 is 20.1 Å². The molecule has 3 N–H and O–H groups in total. The summed E-state index contributed by atoms with van der Waals surface area (Å²) in [5.41, 5.74) is -0.560. The molecule has 2 amide bonds. The number of carbonyl (C=O) groups is 3. The number of aromatic nitrogens is 2. The second-order valence-electron chi connectivity index (χ2n) is 8.89. The number of hydrogen-bond acceptors (Lipinski definition) is 6. The molecule has 11 nitrogen and oxygen atoms in total. The van der Waals surface area contributed by atoms with Gasteiger partial charge in [-0.3, -0.25) is 23.9 Å². The van der Waals surface area contributed by atoms with Crippen molar-refractivity contribution in [3.63, 3.8) is 0 Å². The molecule has 0 unspecified atom stereocenters.